The Morgan fingerprint density at radius 1 is 1.17 bits per heavy atom. The summed E-state index contributed by atoms with van der Waals surface area (Å²) in [5, 5.41) is 9.96. The molecule has 120 valence electrons. The minimum atomic E-state index is -0.238. The minimum absolute atomic E-state index is 0.0458. The third-order valence-electron chi connectivity index (χ3n) is 5.17. The summed E-state index contributed by atoms with van der Waals surface area (Å²) in [6.45, 7) is 8.39. The molecule has 0 spiro atoms. The minimum Gasteiger partial charge on any atom is -0.488 e. The molecule has 0 radical (unpaired) electrons. The fourth-order valence-electron chi connectivity index (χ4n) is 4.00. The molecule has 1 fully saturated rings. The molecule has 0 aliphatic heterocycles. The van der Waals surface area contributed by atoms with E-state index in [9.17, 15) is 10.1 Å². The summed E-state index contributed by atoms with van der Waals surface area (Å²) in [6.07, 6.45) is -0.0481. The van der Waals surface area contributed by atoms with E-state index in [1.165, 1.54) is 6.07 Å². The molecule has 1 aliphatic rings. The predicted octanol–water partition coefficient (Wildman–Crippen LogP) is 2.54. The molecule has 0 bridgehead atoms. The van der Waals surface area contributed by atoms with Crippen molar-refractivity contribution in [3.05, 3.63) is 40.2 Å². The zero-order chi connectivity index (χ0) is 17.0. The van der Waals surface area contributed by atoms with Gasteiger partial charge in [0.05, 0.1) is 11.1 Å². The molecular weight excluding hydrogens is 290 g/mol. The number of fused-ring (bicyclic) bond motifs is 1. The number of ether oxygens (including phenoxy) is 1. The fraction of sp³-hybridized carbons (Fsp3) is 0.444. The van der Waals surface area contributed by atoms with Crippen molar-refractivity contribution in [2.75, 3.05) is 0 Å². The Bertz CT molecular complexity index is 858. The van der Waals surface area contributed by atoms with Crippen LogP contribution in [0.2, 0.25) is 0 Å². The lowest BCUT2D eigenvalue weighted by Gasteiger charge is -2.61. The summed E-state index contributed by atoms with van der Waals surface area (Å²) in [5.41, 5.74) is 6.69. The van der Waals surface area contributed by atoms with Crippen molar-refractivity contribution in [1.82, 2.24) is 4.98 Å². The van der Waals surface area contributed by atoms with Gasteiger partial charge in [0.15, 0.2) is 0 Å². The molecule has 3 rings (SSSR count). The average molecular weight is 311 g/mol. The molecule has 1 saturated carbocycles. The standard InChI is InChI=1S/C18H21N3O2/c1-17(2)15(20)18(3,4)16(17)23-12-7-5-10(9-19)14-11(12)6-8-13(22)21-14/h5-8,15-16H,20H2,1-4H3,(H,21,22). The summed E-state index contributed by atoms with van der Waals surface area (Å²) in [7, 11) is 0. The lowest BCUT2D eigenvalue weighted by molar-refractivity contribution is -0.154. The summed E-state index contributed by atoms with van der Waals surface area (Å²) < 4.78 is 6.29. The van der Waals surface area contributed by atoms with Crippen LogP contribution in [0.15, 0.2) is 29.1 Å². The molecule has 1 aliphatic carbocycles. The Morgan fingerprint density at radius 2 is 1.83 bits per heavy atom. The maximum absolute atomic E-state index is 11.6. The van der Waals surface area contributed by atoms with Crippen LogP contribution in [0.4, 0.5) is 0 Å². The van der Waals surface area contributed by atoms with Gasteiger partial charge in [-0.05, 0) is 18.2 Å². The van der Waals surface area contributed by atoms with Gasteiger partial charge in [-0.2, -0.15) is 5.26 Å². The van der Waals surface area contributed by atoms with Crippen LogP contribution in [0.3, 0.4) is 0 Å². The van der Waals surface area contributed by atoms with Gasteiger partial charge in [-0.15, -0.1) is 0 Å². The van der Waals surface area contributed by atoms with Gasteiger partial charge in [-0.25, -0.2) is 0 Å². The summed E-state index contributed by atoms with van der Waals surface area (Å²) in [6, 6.07) is 8.75. The van der Waals surface area contributed by atoms with Crippen LogP contribution in [0.25, 0.3) is 10.9 Å². The largest absolute Gasteiger partial charge is 0.488 e. The number of hydrogen-bond acceptors (Lipinski definition) is 4. The number of rotatable bonds is 2. The number of nitrogens with two attached hydrogens (primary N) is 1. The Hall–Kier alpha value is -2.32. The maximum atomic E-state index is 11.6. The highest BCUT2D eigenvalue weighted by Gasteiger charge is 2.61. The highest BCUT2D eigenvalue weighted by atomic mass is 16.5. The number of nitrogens with zero attached hydrogens (tertiary/aromatic N) is 1. The van der Waals surface area contributed by atoms with Crippen LogP contribution in [-0.2, 0) is 0 Å². The summed E-state index contributed by atoms with van der Waals surface area (Å²) in [4.78, 5) is 14.3. The van der Waals surface area contributed by atoms with E-state index in [2.05, 4.69) is 38.7 Å². The Morgan fingerprint density at radius 3 is 2.43 bits per heavy atom. The molecule has 1 aromatic carbocycles. The van der Waals surface area contributed by atoms with Crippen molar-refractivity contribution in [2.24, 2.45) is 16.6 Å². The molecule has 5 heteroatoms. The van der Waals surface area contributed by atoms with Gasteiger partial charge in [-0.1, -0.05) is 27.7 Å². The van der Waals surface area contributed by atoms with Gasteiger partial charge in [-0.3, -0.25) is 4.79 Å². The molecule has 1 heterocycles. The van der Waals surface area contributed by atoms with Gasteiger partial charge in [0.25, 0.3) is 0 Å². The number of aromatic amines is 1. The van der Waals surface area contributed by atoms with Crippen molar-refractivity contribution < 1.29 is 4.74 Å². The topological polar surface area (TPSA) is 91.9 Å². The second-order valence-electron chi connectivity index (χ2n) is 7.45. The fourth-order valence-corrected chi connectivity index (χ4v) is 4.00. The number of pyridine rings is 1. The van der Waals surface area contributed by atoms with Crippen LogP contribution >= 0.6 is 0 Å². The van der Waals surface area contributed by atoms with Crippen molar-refractivity contribution in [2.45, 2.75) is 39.8 Å². The van der Waals surface area contributed by atoms with E-state index in [1.807, 2.05) is 0 Å². The zero-order valence-electron chi connectivity index (χ0n) is 13.8. The second kappa shape index (κ2) is 4.84. The maximum Gasteiger partial charge on any atom is 0.248 e. The first kappa shape index (κ1) is 15.6. The van der Waals surface area contributed by atoms with Gasteiger partial charge in [0, 0.05) is 28.3 Å². The molecule has 2 aromatic rings. The van der Waals surface area contributed by atoms with E-state index >= 15 is 0 Å². The van der Waals surface area contributed by atoms with Crippen LogP contribution in [0, 0.1) is 22.2 Å². The van der Waals surface area contributed by atoms with Crippen molar-refractivity contribution >= 4 is 10.9 Å². The molecule has 23 heavy (non-hydrogen) atoms. The smallest absolute Gasteiger partial charge is 0.248 e. The summed E-state index contributed by atoms with van der Waals surface area (Å²) >= 11 is 0. The quantitative estimate of drug-likeness (QED) is 0.891. The molecule has 5 nitrogen and oxygen atoms in total. The monoisotopic (exact) mass is 311 g/mol. The third kappa shape index (κ3) is 2.13. The average Bonchev–Trinajstić information content (AvgIpc) is 2.50. The van der Waals surface area contributed by atoms with E-state index in [0.29, 0.717) is 16.8 Å². The second-order valence-corrected chi connectivity index (χ2v) is 7.45. The zero-order valence-corrected chi connectivity index (χ0v) is 13.8. The number of benzene rings is 1. The predicted molar refractivity (Wildman–Crippen MR) is 89.2 cm³/mol. The van der Waals surface area contributed by atoms with Crippen molar-refractivity contribution in [3.63, 3.8) is 0 Å². The number of nitrogens with one attached hydrogen (secondary N) is 1. The lowest BCUT2D eigenvalue weighted by Crippen LogP contribution is -2.72. The highest BCUT2D eigenvalue weighted by molar-refractivity contribution is 5.89. The highest BCUT2D eigenvalue weighted by Crippen LogP contribution is 2.54. The van der Waals surface area contributed by atoms with E-state index in [-0.39, 0.29) is 28.5 Å². The van der Waals surface area contributed by atoms with Gasteiger partial charge in [0.2, 0.25) is 5.56 Å². The third-order valence-corrected chi connectivity index (χ3v) is 5.17. The summed E-state index contributed by atoms with van der Waals surface area (Å²) in [5.74, 6) is 0.660. The molecule has 3 N–H and O–H groups in total. The first-order valence-corrected chi connectivity index (χ1v) is 7.68. The van der Waals surface area contributed by atoms with Crippen molar-refractivity contribution in [1.29, 1.82) is 5.26 Å². The first-order valence-electron chi connectivity index (χ1n) is 7.68. The SMILES string of the molecule is CC1(C)C(N)C(C)(C)C1Oc1ccc(C#N)c2[nH]c(=O)ccc12. The molecular formula is C18H21N3O2. The normalized spacial score (nSPS) is 24.7. The van der Waals surface area contributed by atoms with E-state index in [4.69, 9.17) is 10.5 Å². The number of aromatic nitrogens is 1. The van der Waals surface area contributed by atoms with Crippen LogP contribution in [0.1, 0.15) is 33.3 Å². The molecule has 1 aromatic heterocycles. The Kier molecular flexibility index (Phi) is 3.27. The van der Waals surface area contributed by atoms with Crippen LogP contribution in [-0.4, -0.2) is 17.1 Å². The first-order chi connectivity index (χ1) is 10.7. The van der Waals surface area contributed by atoms with E-state index in [1.54, 1.807) is 18.2 Å². The van der Waals surface area contributed by atoms with Crippen LogP contribution in [0.5, 0.6) is 5.75 Å². The number of hydrogen-bond donors (Lipinski definition) is 2. The molecule has 0 atom stereocenters. The Balaban J connectivity index is 2.09. The van der Waals surface area contributed by atoms with Gasteiger partial charge >= 0.3 is 0 Å². The number of H-pyrrole nitrogens is 1. The van der Waals surface area contributed by atoms with Crippen molar-refractivity contribution in [3.8, 4) is 11.8 Å². The molecule has 0 amide bonds. The molecule has 0 unspecified atom stereocenters. The van der Waals surface area contributed by atoms with Crippen LogP contribution < -0.4 is 16.0 Å². The number of nitriles is 1. The van der Waals surface area contributed by atoms with E-state index < -0.39 is 0 Å². The lowest BCUT2D eigenvalue weighted by atomic mass is 9.50. The van der Waals surface area contributed by atoms with Gasteiger partial charge in [0.1, 0.15) is 17.9 Å². The van der Waals surface area contributed by atoms with Gasteiger partial charge < -0.3 is 15.5 Å². The molecule has 0 saturated heterocycles. The Labute approximate surface area is 135 Å². The van der Waals surface area contributed by atoms with E-state index in [0.717, 1.165) is 5.39 Å².